The summed E-state index contributed by atoms with van der Waals surface area (Å²) >= 11 is 6.19. The molecule has 7 heteroatoms. The smallest absolute Gasteiger partial charge is 0.224 e. The van der Waals surface area contributed by atoms with Crippen LogP contribution in [0.4, 0.5) is 0 Å². The zero-order valence-electron chi connectivity index (χ0n) is 19.0. The van der Waals surface area contributed by atoms with Gasteiger partial charge in [0.15, 0.2) is 0 Å². The van der Waals surface area contributed by atoms with E-state index in [2.05, 4.69) is 38.7 Å². The summed E-state index contributed by atoms with van der Waals surface area (Å²) in [5.74, 6) is 1.42. The summed E-state index contributed by atoms with van der Waals surface area (Å²) < 4.78 is 13.8. The number of hydrogen-bond donors (Lipinski definition) is 0. The standard InChI is InChI=1S/C25H27ClN4O2/c1-24(2)12-17(13-25(3,4)32-24)21-15-30(18-8-9-20(26)16(11-18)14-27)22(29-21)19-7-6-10-28-23(19)31-5/h6-11,15,17H,12-13H2,1-5H3. The highest BCUT2D eigenvalue weighted by Crippen LogP contribution is 2.44. The molecule has 0 unspecified atom stereocenters. The van der Waals surface area contributed by atoms with Crippen LogP contribution >= 0.6 is 11.6 Å². The van der Waals surface area contributed by atoms with Gasteiger partial charge in [0, 0.05) is 24.0 Å². The lowest BCUT2D eigenvalue weighted by Gasteiger charge is -2.45. The molecule has 32 heavy (non-hydrogen) atoms. The van der Waals surface area contributed by atoms with Crippen LogP contribution in [0.15, 0.2) is 42.7 Å². The number of methoxy groups -OCH3 is 1. The molecule has 1 fully saturated rings. The van der Waals surface area contributed by atoms with Crippen molar-refractivity contribution < 1.29 is 9.47 Å². The van der Waals surface area contributed by atoms with Crippen LogP contribution in [-0.2, 0) is 4.74 Å². The number of nitrogens with zero attached hydrogens (tertiary/aromatic N) is 4. The molecule has 0 amide bonds. The van der Waals surface area contributed by atoms with Gasteiger partial charge in [-0.15, -0.1) is 0 Å². The molecule has 0 aliphatic carbocycles. The van der Waals surface area contributed by atoms with Crippen LogP contribution in [-0.4, -0.2) is 32.8 Å². The minimum absolute atomic E-state index is 0.221. The summed E-state index contributed by atoms with van der Waals surface area (Å²) in [6, 6.07) is 11.4. The Labute approximate surface area is 193 Å². The number of aromatic nitrogens is 3. The molecule has 0 spiro atoms. The van der Waals surface area contributed by atoms with Crippen molar-refractivity contribution in [2.24, 2.45) is 0 Å². The maximum absolute atomic E-state index is 9.48. The van der Waals surface area contributed by atoms with E-state index in [9.17, 15) is 5.26 Å². The fourth-order valence-electron chi connectivity index (χ4n) is 4.75. The van der Waals surface area contributed by atoms with E-state index in [-0.39, 0.29) is 17.1 Å². The first-order chi connectivity index (χ1) is 15.1. The first-order valence-corrected chi connectivity index (χ1v) is 11.0. The molecule has 0 N–H and O–H groups in total. The highest BCUT2D eigenvalue weighted by Gasteiger charge is 2.41. The Hall–Kier alpha value is -2.88. The van der Waals surface area contributed by atoms with Crippen molar-refractivity contribution in [3.05, 3.63) is 59.0 Å². The third kappa shape index (κ3) is 4.36. The van der Waals surface area contributed by atoms with Gasteiger partial charge < -0.3 is 9.47 Å². The third-order valence-electron chi connectivity index (χ3n) is 5.73. The Morgan fingerprint density at radius 2 is 1.91 bits per heavy atom. The number of nitriles is 1. The predicted octanol–water partition coefficient (Wildman–Crippen LogP) is 5.92. The van der Waals surface area contributed by atoms with Crippen molar-refractivity contribution in [1.82, 2.24) is 14.5 Å². The molecule has 0 atom stereocenters. The second-order valence-electron chi connectivity index (χ2n) is 9.42. The lowest BCUT2D eigenvalue weighted by Crippen LogP contribution is -2.44. The second-order valence-corrected chi connectivity index (χ2v) is 9.83. The molecule has 4 rings (SSSR count). The largest absolute Gasteiger partial charge is 0.480 e. The summed E-state index contributed by atoms with van der Waals surface area (Å²) in [4.78, 5) is 9.42. The lowest BCUT2D eigenvalue weighted by atomic mass is 9.79. The minimum atomic E-state index is -0.253. The lowest BCUT2D eigenvalue weighted by molar-refractivity contribution is -0.162. The van der Waals surface area contributed by atoms with Gasteiger partial charge in [0.25, 0.3) is 0 Å². The molecule has 1 aromatic carbocycles. The number of benzene rings is 1. The Morgan fingerprint density at radius 1 is 1.19 bits per heavy atom. The normalized spacial score (nSPS) is 17.7. The van der Waals surface area contributed by atoms with Crippen molar-refractivity contribution in [3.8, 4) is 29.0 Å². The number of rotatable bonds is 4. The van der Waals surface area contributed by atoms with Gasteiger partial charge in [-0.1, -0.05) is 11.6 Å². The van der Waals surface area contributed by atoms with Gasteiger partial charge in [0.1, 0.15) is 11.9 Å². The number of ether oxygens (including phenoxy) is 2. The number of pyridine rings is 1. The second kappa shape index (κ2) is 8.23. The van der Waals surface area contributed by atoms with Crippen LogP contribution in [0.2, 0.25) is 5.02 Å². The summed E-state index contributed by atoms with van der Waals surface area (Å²) in [7, 11) is 1.60. The third-order valence-corrected chi connectivity index (χ3v) is 6.05. The van der Waals surface area contributed by atoms with E-state index in [4.69, 9.17) is 26.1 Å². The van der Waals surface area contributed by atoms with E-state index in [0.717, 1.165) is 29.8 Å². The van der Waals surface area contributed by atoms with Gasteiger partial charge in [-0.25, -0.2) is 9.97 Å². The molecule has 3 aromatic rings. The maximum Gasteiger partial charge on any atom is 0.224 e. The number of imidazole rings is 1. The summed E-state index contributed by atoms with van der Waals surface area (Å²) in [6.45, 7) is 8.51. The van der Waals surface area contributed by atoms with Crippen LogP contribution in [0.5, 0.6) is 5.88 Å². The topological polar surface area (TPSA) is 73.0 Å². The molecular formula is C25H27ClN4O2. The van der Waals surface area contributed by atoms with Crippen molar-refractivity contribution in [2.45, 2.75) is 57.7 Å². The average molecular weight is 451 g/mol. The van der Waals surface area contributed by atoms with Crippen LogP contribution in [0.3, 0.4) is 0 Å². The molecule has 0 bridgehead atoms. The first-order valence-electron chi connectivity index (χ1n) is 10.6. The Morgan fingerprint density at radius 3 is 2.56 bits per heavy atom. The summed E-state index contributed by atoms with van der Waals surface area (Å²) in [5, 5.41) is 9.90. The molecule has 1 aliphatic heterocycles. The molecule has 2 aromatic heterocycles. The Balaban J connectivity index is 1.89. The summed E-state index contributed by atoms with van der Waals surface area (Å²) in [6.07, 6.45) is 5.46. The SMILES string of the molecule is COc1ncccc1-c1nc(C2CC(C)(C)OC(C)(C)C2)cn1-c1ccc(Cl)c(C#N)c1. The van der Waals surface area contributed by atoms with Gasteiger partial charge in [-0.3, -0.25) is 4.57 Å². The van der Waals surface area contributed by atoms with Crippen LogP contribution < -0.4 is 4.74 Å². The van der Waals surface area contributed by atoms with Crippen LogP contribution in [0.25, 0.3) is 17.1 Å². The zero-order valence-corrected chi connectivity index (χ0v) is 19.8. The predicted molar refractivity (Wildman–Crippen MR) is 124 cm³/mol. The van der Waals surface area contributed by atoms with Gasteiger partial charge in [0.2, 0.25) is 5.88 Å². The van der Waals surface area contributed by atoms with Crippen molar-refractivity contribution in [1.29, 1.82) is 5.26 Å². The van der Waals surface area contributed by atoms with E-state index >= 15 is 0 Å². The van der Waals surface area contributed by atoms with Crippen LogP contribution in [0, 0.1) is 11.3 Å². The highest BCUT2D eigenvalue weighted by molar-refractivity contribution is 6.31. The highest BCUT2D eigenvalue weighted by atomic mass is 35.5. The minimum Gasteiger partial charge on any atom is -0.480 e. The molecule has 0 radical (unpaired) electrons. The van der Waals surface area contributed by atoms with E-state index in [1.807, 2.05) is 29.0 Å². The van der Waals surface area contributed by atoms with Gasteiger partial charge >= 0.3 is 0 Å². The average Bonchev–Trinajstić information content (AvgIpc) is 3.17. The molecule has 6 nitrogen and oxygen atoms in total. The van der Waals surface area contributed by atoms with E-state index < -0.39 is 0 Å². The Kier molecular flexibility index (Phi) is 5.74. The van der Waals surface area contributed by atoms with Crippen LogP contribution in [0.1, 0.15) is 57.7 Å². The van der Waals surface area contributed by atoms with Gasteiger partial charge in [0.05, 0.1) is 40.2 Å². The quantitative estimate of drug-likeness (QED) is 0.493. The maximum atomic E-state index is 9.48. The van der Waals surface area contributed by atoms with E-state index in [1.165, 1.54) is 0 Å². The molecular weight excluding hydrogens is 424 g/mol. The van der Waals surface area contributed by atoms with Crippen molar-refractivity contribution in [3.63, 3.8) is 0 Å². The molecule has 1 aliphatic rings. The zero-order chi connectivity index (χ0) is 23.1. The van der Waals surface area contributed by atoms with Gasteiger partial charge in [-0.2, -0.15) is 5.26 Å². The first kappa shape index (κ1) is 22.3. The van der Waals surface area contributed by atoms with Gasteiger partial charge in [-0.05, 0) is 70.9 Å². The monoisotopic (exact) mass is 450 g/mol. The fraction of sp³-hybridized carbons (Fsp3) is 0.400. The molecule has 1 saturated heterocycles. The molecule has 166 valence electrons. The van der Waals surface area contributed by atoms with Crippen molar-refractivity contribution >= 4 is 11.6 Å². The Bertz CT molecular complexity index is 1180. The fourth-order valence-corrected chi connectivity index (χ4v) is 4.91. The van der Waals surface area contributed by atoms with E-state index in [1.54, 1.807) is 25.4 Å². The number of hydrogen-bond acceptors (Lipinski definition) is 5. The summed E-state index contributed by atoms with van der Waals surface area (Å²) in [5.41, 5.74) is 2.46. The number of halogens is 1. The molecule has 0 saturated carbocycles. The van der Waals surface area contributed by atoms with E-state index in [0.29, 0.717) is 22.3 Å². The molecule has 3 heterocycles. The van der Waals surface area contributed by atoms with Crippen molar-refractivity contribution in [2.75, 3.05) is 7.11 Å².